The fourth-order valence-electron chi connectivity index (χ4n) is 2.53. The van der Waals surface area contributed by atoms with Crippen molar-refractivity contribution in [1.29, 1.82) is 0 Å². The first-order chi connectivity index (χ1) is 9.83. The maximum absolute atomic E-state index is 4.60. The summed E-state index contributed by atoms with van der Waals surface area (Å²) in [7, 11) is 0. The molecule has 4 nitrogen and oxygen atoms in total. The molecule has 4 aromatic rings. The molecular formula is C16H12N4. The second-order valence-electron chi connectivity index (χ2n) is 4.82. The van der Waals surface area contributed by atoms with Crippen molar-refractivity contribution in [3.63, 3.8) is 0 Å². The van der Waals surface area contributed by atoms with Gasteiger partial charge in [-0.15, -0.1) is 0 Å². The molecule has 0 fully saturated rings. The monoisotopic (exact) mass is 260 g/mol. The molecule has 0 radical (unpaired) electrons. The lowest BCUT2D eigenvalue weighted by atomic mass is 10.0. The molecule has 0 aliphatic carbocycles. The Labute approximate surface area is 115 Å². The molecule has 3 aromatic heterocycles. The Morgan fingerprint density at radius 1 is 1.00 bits per heavy atom. The lowest BCUT2D eigenvalue weighted by Gasteiger charge is -2.04. The van der Waals surface area contributed by atoms with E-state index in [0.29, 0.717) is 0 Å². The van der Waals surface area contributed by atoms with Crippen LogP contribution in [0.2, 0.25) is 0 Å². The van der Waals surface area contributed by atoms with Gasteiger partial charge in [-0.05, 0) is 19.1 Å². The zero-order valence-electron chi connectivity index (χ0n) is 11.0. The Morgan fingerprint density at radius 3 is 2.70 bits per heavy atom. The summed E-state index contributed by atoms with van der Waals surface area (Å²) in [5.41, 5.74) is 5.01. The van der Waals surface area contributed by atoms with Crippen molar-refractivity contribution in [2.24, 2.45) is 0 Å². The van der Waals surface area contributed by atoms with Crippen LogP contribution < -0.4 is 0 Å². The Balaban J connectivity index is 2.01. The number of aryl methyl sites for hydroxylation is 1. The molecule has 0 aliphatic rings. The molecule has 0 atom stereocenters. The molecule has 0 bridgehead atoms. The molecule has 1 N–H and O–H groups in total. The normalized spacial score (nSPS) is 11.2. The van der Waals surface area contributed by atoms with Gasteiger partial charge in [0, 0.05) is 40.5 Å². The van der Waals surface area contributed by atoms with Gasteiger partial charge in [-0.2, -0.15) is 5.10 Å². The number of hydrogen-bond donors (Lipinski definition) is 1. The molecule has 4 heteroatoms. The summed E-state index contributed by atoms with van der Waals surface area (Å²) in [5.74, 6) is 0. The minimum atomic E-state index is 0.938. The lowest BCUT2D eigenvalue weighted by molar-refractivity contribution is 1.05. The SMILES string of the molecule is Cc1n[nH]cc1-c1cnc2c(ccc3cccnc32)c1. The standard InChI is InChI=1S/C16H12N4/c1-10-14(9-19-20-10)13-7-12-5-4-11-3-2-6-17-15(11)16(12)18-8-13/h2-9H,1H3,(H,19,20). The van der Waals surface area contributed by atoms with E-state index >= 15 is 0 Å². The van der Waals surface area contributed by atoms with E-state index in [1.807, 2.05) is 25.4 Å². The van der Waals surface area contributed by atoms with E-state index in [4.69, 9.17) is 0 Å². The van der Waals surface area contributed by atoms with Gasteiger partial charge in [-0.25, -0.2) is 0 Å². The lowest BCUT2D eigenvalue weighted by Crippen LogP contribution is -1.87. The largest absolute Gasteiger partial charge is 0.285 e. The number of aromatic amines is 1. The van der Waals surface area contributed by atoms with E-state index in [1.54, 1.807) is 6.20 Å². The predicted octanol–water partition coefficient (Wildman–Crippen LogP) is 3.48. The van der Waals surface area contributed by atoms with Gasteiger partial charge in [-0.3, -0.25) is 15.1 Å². The first-order valence-corrected chi connectivity index (χ1v) is 6.47. The van der Waals surface area contributed by atoms with Gasteiger partial charge in [-0.1, -0.05) is 18.2 Å². The third-order valence-corrected chi connectivity index (χ3v) is 3.56. The second-order valence-corrected chi connectivity index (χ2v) is 4.82. The summed E-state index contributed by atoms with van der Waals surface area (Å²) in [6.45, 7) is 1.98. The molecule has 0 spiro atoms. The van der Waals surface area contributed by atoms with Gasteiger partial charge in [0.15, 0.2) is 0 Å². The summed E-state index contributed by atoms with van der Waals surface area (Å²) in [6, 6.07) is 10.3. The number of pyridine rings is 2. The number of rotatable bonds is 1. The van der Waals surface area contributed by atoms with Crippen molar-refractivity contribution >= 4 is 21.8 Å². The molecule has 3 heterocycles. The number of aromatic nitrogens is 4. The Hall–Kier alpha value is -2.75. The fourth-order valence-corrected chi connectivity index (χ4v) is 2.53. The predicted molar refractivity (Wildman–Crippen MR) is 79.4 cm³/mol. The van der Waals surface area contributed by atoms with E-state index < -0.39 is 0 Å². The molecule has 0 aliphatic heterocycles. The second kappa shape index (κ2) is 4.13. The zero-order valence-corrected chi connectivity index (χ0v) is 11.0. The van der Waals surface area contributed by atoms with Crippen LogP contribution in [-0.4, -0.2) is 20.2 Å². The molecule has 0 unspecified atom stereocenters. The van der Waals surface area contributed by atoms with Crippen LogP contribution in [0.4, 0.5) is 0 Å². The van der Waals surface area contributed by atoms with Crippen LogP contribution in [0.1, 0.15) is 5.69 Å². The summed E-state index contributed by atoms with van der Waals surface area (Å²) in [5, 5.41) is 9.24. The van der Waals surface area contributed by atoms with Gasteiger partial charge in [0.05, 0.1) is 16.7 Å². The minimum absolute atomic E-state index is 0.938. The zero-order chi connectivity index (χ0) is 13.5. The Kier molecular flexibility index (Phi) is 2.29. The van der Waals surface area contributed by atoms with E-state index in [2.05, 4.69) is 44.4 Å². The van der Waals surface area contributed by atoms with Crippen LogP contribution in [0, 0.1) is 6.92 Å². The van der Waals surface area contributed by atoms with Gasteiger partial charge >= 0.3 is 0 Å². The van der Waals surface area contributed by atoms with E-state index in [-0.39, 0.29) is 0 Å². The van der Waals surface area contributed by atoms with Crippen LogP contribution in [0.3, 0.4) is 0 Å². The van der Waals surface area contributed by atoms with Gasteiger partial charge in [0.25, 0.3) is 0 Å². The first kappa shape index (κ1) is 11.1. The van der Waals surface area contributed by atoms with Crippen LogP contribution in [0.25, 0.3) is 32.9 Å². The average Bonchev–Trinajstić information content (AvgIpc) is 2.92. The van der Waals surface area contributed by atoms with Crippen LogP contribution >= 0.6 is 0 Å². The van der Waals surface area contributed by atoms with Crippen molar-refractivity contribution < 1.29 is 0 Å². The van der Waals surface area contributed by atoms with Crippen LogP contribution in [0.15, 0.2) is 48.9 Å². The molecule has 0 saturated carbocycles. The molecule has 0 amide bonds. The fraction of sp³-hybridized carbons (Fsp3) is 0.0625. The quantitative estimate of drug-likeness (QED) is 0.533. The highest BCUT2D eigenvalue weighted by Crippen LogP contribution is 2.27. The molecule has 1 aromatic carbocycles. The van der Waals surface area contributed by atoms with E-state index in [0.717, 1.165) is 38.6 Å². The first-order valence-electron chi connectivity index (χ1n) is 6.47. The smallest absolute Gasteiger partial charge is 0.0964 e. The number of nitrogens with zero attached hydrogens (tertiary/aromatic N) is 3. The van der Waals surface area contributed by atoms with E-state index in [9.17, 15) is 0 Å². The third kappa shape index (κ3) is 1.58. The maximum Gasteiger partial charge on any atom is 0.0964 e. The molecule has 0 saturated heterocycles. The number of benzene rings is 1. The highest BCUT2D eigenvalue weighted by Gasteiger charge is 2.08. The van der Waals surface area contributed by atoms with Crippen LogP contribution in [0.5, 0.6) is 0 Å². The number of hydrogen-bond acceptors (Lipinski definition) is 3. The summed E-state index contributed by atoms with van der Waals surface area (Å²) < 4.78 is 0. The number of nitrogens with one attached hydrogen (secondary N) is 1. The summed E-state index contributed by atoms with van der Waals surface area (Å²) in [6.07, 6.45) is 5.59. The summed E-state index contributed by atoms with van der Waals surface area (Å²) in [4.78, 5) is 9.04. The molecular weight excluding hydrogens is 248 g/mol. The molecule has 96 valence electrons. The van der Waals surface area contributed by atoms with Crippen molar-refractivity contribution in [2.75, 3.05) is 0 Å². The number of H-pyrrole nitrogens is 1. The highest BCUT2D eigenvalue weighted by atomic mass is 15.1. The number of fused-ring (bicyclic) bond motifs is 3. The molecule has 20 heavy (non-hydrogen) atoms. The molecule has 4 rings (SSSR count). The average molecular weight is 260 g/mol. The van der Waals surface area contributed by atoms with Gasteiger partial charge < -0.3 is 0 Å². The van der Waals surface area contributed by atoms with Gasteiger partial charge in [0.2, 0.25) is 0 Å². The minimum Gasteiger partial charge on any atom is -0.285 e. The third-order valence-electron chi connectivity index (χ3n) is 3.56. The highest BCUT2D eigenvalue weighted by molar-refractivity contribution is 6.03. The summed E-state index contributed by atoms with van der Waals surface area (Å²) >= 11 is 0. The van der Waals surface area contributed by atoms with Crippen molar-refractivity contribution in [3.8, 4) is 11.1 Å². The van der Waals surface area contributed by atoms with Crippen molar-refractivity contribution in [2.45, 2.75) is 6.92 Å². The maximum atomic E-state index is 4.60. The Bertz CT molecular complexity index is 924. The van der Waals surface area contributed by atoms with Crippen molar-refractivity contribution in [1.82, 2.24) is 20.2 Å². The van der Waals surface area contributed by atoms with Gasteiger partial charge in [0.1, 0.15) is 0 Å². The Morgan fingerprint density at radius 2 is 1.85 bits per heavy atom. The topological polar surface area (TPSA) is 54.5 Å². The van der Waals surface area contributed by atoms with Crippen molar-refractivity contribution in [3.05, 3.63) is 54.6 Å². The van der Waals surface area contributed by atoms with E-state index in [1.165, 1.54) is 0 Å². The van der Waals surface area contributed by atoms with Crippen LogP contribution in [-0.2, 0) is 0 Å².